The van der Waals surface area contributed by atoms with E-state index in [9.17, 15) is 9.59 Å². The van der Waals surface area contributed by atoms with Gasteiger partial charge in [0.2, 0.25) is 11.8 Å². The van der Waals surface area contributed by atoms with Crippen LogP contribution in [0.3, 0.4) is 0 Å². The molecule has 2 amide bonds. The molecule has 6 nitrogen and oxygen atoms in total. The van der Waals surface area contributed by atoms with Gasteiger partial charge in [-0.25, -0.2) is 0 Å². The first kappa shape index (κ1) is 25.7. The summed E-state index contributed by atoms with van der Waals surface area (Å²) < 4.78 is 7.42. The van der Waals surface area contributed by atoms with Gasteiger partial charge >= 0.3 is 0 Å². The van der Waals surface area contributed by atoms with Crippen molar-refractivity contribution in [2.45, 2.75) is 42.7 Å². The zero-order valence-corrected chi connectivity index (χ0v) is 23.5. The summed E-state index contributed by atoms with van der Waals surface area (Å²) in [5, 5.41) is 10.6. The van der Waals surface area contributed by atoms with Crippen LogP contribution in [-0.2, 0) is 15.0 Å². The first-order chi connectivity index (χ1) is 18.4. The number of carbonyl (C=O) groups is 2. The maximum atomic E-state index is 14.3. The Bertz CT molecular complexity index is 1430. The van der Waals surface area contributed by atoms with Gasteiger partial charge < -0.3 is 20.7 Å². The molecule has 6 rings (SSSR count). The van der Waals surface area contributed by atoms with E-state index in [0.717, 1.165) is 47.1 Å². The Labute approximate surface area is 239 Å². The lowest BCUT2D eigenvalue weighted by molar-refractivity contribution is -0.131. The van der Waals surface area contributed by atoms with Crippen molar-refractivity contribution in [2.24, 2.45) is 0 Å². The van der Waals surface area contributed by atoms with Crippen molar-refractivity contribution in [3.63, 3.8) is 0 Å². The van der Waals surface area contributed by atoms with Gasteiger partial charge in [0, 0.05) is 38.1 Å². The lowest BCUT2D eigenvalue weighted by Gasteiger charge is -2.46. The molecule has 3 aromatic carbocycles. The van der Waals surface area contributed by atoms with E-state index in [4.69, 9.17) is 27.9 Å². The Balaban J connectivity index is 1.57. The Kier molecular flexibility index (Phi) is 6.89. The van der Waals surface area contributed by atoms with Crippen molar-refractivity contribution >= 4 is 56.6 Å². The molecule has 1 spiro atoms. The van der Waals surface area contributed by atoms with Gasteiger partial charge in [0.1, 0.15) is 17.3 Å². The summed E-state index contributed by atoms with van der Waals surface area (Å²) in [6.07, 6.45) is 1.94. The van der Waals surface area contributed by atoms with Crippen LogP contribution in [0.15, 0.2) is 65.1 Å². The fourth-order valence-corrected chi connectivity index (χ4v) is 6.97. The molecule has 0 unspecified atom stereocenters. The highest BCUT2D eigenvalue weighted by molar-refractivity contribution is 9.10. The number of benzene rings is 3. The molecule has 38 heavy (non-hydrogen) atoms. The average Bonchev–Trinajstić information content (AvgIpc) is 3.18. The Morgan fingerprint density at radius 1 is 0.947 bits per heavy atom. The number of piperidine rings is 2. The molecule has 2 fully saturated rings. The van der Waals surface area contributed by atoms with Crippen LogP contribution in [0.2, 0.25) is 10.0 Å². The maximum absolute atomic E-state index is 14.3. The van der Waals surface area contributed by atoms with Crippen molar-refractivity contribution in [1.82, 2.24) is 10.6 Å². The molecule has 3 aromatic rings. The van der Waals surface area contributed by atoms with Crippen LogP contribution in [0.1, 0.15) is 47.9 Å². The second-order valence-corrected chi connectivity index (χ2v) is 11.9. The highest BCUT2D eigenvalue weighted by Gasteiger charge is 2.61. The third kappa shape index (κ3) is 4.39. The van der Waals surface area contributed by atoms with Crippen molar-refractivity contribution in [3.05, 3.63) is 91.9 Å². The van der Waals surface area contributed by atoms with Gasteiger partial charge in [-0.1, -0.05) is 57.3 Å². The molecule has 0 bridgehead atoms. The maximum Gasteiger partial charge on any atom is 0.238 e. The Hall–Kier alpha value is -2.58. The second-order valence-electron chi connectivity index (χ2n) is 10.1. The minimum Gasteiger partial charge on any atom is -0.490 e. The molecular formula is C29H26BrCl2N3O3. The van der Waals surface area contributed by atoms with Crippen LogP contribution in [0.5, 0.6) is 5.75 Å². The number of anilines is 1. The molecule has 3 heterocycles. The quantitative estimate of drug-likeness (QED) is 0.331. The molecule has 0 radical (unpaired) electrons. The number of halogens is 3. The molecular weight excluding hydrogens is 589 g/mol. The molecule has 0 aromatic heterocycles. The van der Waals surface area contributed by atoms with Crippen molar-refractivity contribution < 1.29 is 14.3 Å². The summed E-state index contributed by atoms with van der Waals surface area (Å²) in [6.45, 7) is 1.78. The summed E-state index contributed by atoms with van der Waals surface area (Å²) >= 11 is 16.4. The van der Waals surface area contributed by atoms with E-state index < -0.39 is 17.4 Å². The first-order valence-corrected chi connectivity index (χ1v) is 14.2. The first-order valence-electron chi connectivity index (χ1n) is 12.7. The van der Waals surface area contributed by atoms with Gasteiger partial charge in [-0.15, -0.1) is 0 Å². The Morgan fingerprint density at radius 3 is 2.53 bits per heavy atom. The summed E-state index contributed by atoms with van der Waals surface area (Å²) in [6, 6.07) is 18.0. The van der Waals surface area contributed by atoms with E-state index >= 15 is 0 Å². The van der Waals surface area contributed by atoms with Gasteiger partial charge in [-0.2, -0.15) is 0 Å². The summed E-state index contributed by atoms with van der Waals surface area (Å²) in [5.41, 5.74) is 1.84. The molecule has 0 saturated carbocycles. The molecule has 0 aliphatic carbocycles. The lowest BCUT2D eigenvalue weighted by Crippen LogP contribution is -2.56. The average molecular weight is 615 g/mol. The Morgan fingerprint density at radius 2 is 1.74 bits per heavy atom. The van der Waals surface area contributed by atoms with Crippen LogP contribution in [0.25, 0.3) is 0 Å². The van der Waals surface area contributed by atoms with E-state index in [-0.39, 0.29) is 24.3 Å². The largest absolute Gasteiger partial charge is 0.490 e. The molecule has 2 saturated heterocycles. The smallest absolute Gasteiger partial charge is 0.238 e. The number of hydrogen-bond donors (Lipinski definition) is 3. The molecule has 196 valence electrons. The number of carbonyl (C=O) groups excluding carboxylic acids is 2. The van der Waals surface area contributed by atoms with E-state index in [1.54, 1.807) is 18.2 Å². The van der Waals surface area contributed by atoms with Crippen LogP contribution in [0.4, 0.5) is 5.69 Å². The summed E-state index contributed by atoms with van der Waals surface area (Å²) in [4.78, 5) is 27.6. The normalized spacial score (nSPS) is 25.1. The highest BCUT2D eigenvalue weighted by atomic mass is 79.9. The topological polar surface area (TPSA) is 79.5 Å². The van der Waals surface area contributed by atoms with Gasteiger partial charge in [0.25, 0.3) is 0 Å². The molecule has 3 atom stereocenters. The van der Waals surface area contributed by atoms with Gasteiger partial charge in [-0.05, 0) is 79.5 Å². The van der Waals surface area contributed by atoms with Crippen molar-refractivity contribution in [3.8, 4) is 5.75 Å². The minimum absolute atomic E-state index is 0.0526. The second kappa shape index (κ2) is 10.2. The van der Waals surface area contributed by atoms with Crippen LogP contribution < -0.4 is 20.7 Å². The minimum atomic E-state index is -1.16. The number of hydrogen-bond acceptors (Lipinski definition) is 4. The lowest BCUT2D eigenvalue weighted by atomic mass is 9.59. The standard InChI is InChI=1S/C29H26BrCl2N3O3/c30-17-4-7-25(38-20-8-10-33-11-9-20)21(13-17)23-15-26(36)35-27(16-2-1-3-18(31)12-16)29(23)22-6-5-19(32)14-24(22)34-28(29)37/h1-7,12-14,20,23,27,33H,8-11,15H2,(H,34,37)(H,35,36)/t23-,27+,29-/m1/s1. The van der Waals surface area contributed by atoms with Crippen LogP contribution in [-0.4, -0.2) is 31.0 Å². The highest BCUT2D eigenvalue weighted by Crippen LogP contribution is 2.59. The van der Waals surface area contributed by atoms with Gasteiger partial charge in [0.05, 0.1) is 6.04 Å². The zero-order chi connectivity index (χ0) is 26.4. The van der Waals surface area contributed by atoms with Crippen LogP contribution in [0, 0.1) is 0 Å². The fourth-order valence-electron chi connectivity index (χ4n) is 6.22. The third-order valence-corrected chi connectivity index (χ3v) is 8.82. The number of nitrogens with one attached hydrogen (secondary N) is 3. The monoisotopic (exact) mass is 613 g/mol. The van der Waals surface area contributed by atoms with E-state index in [1.165, 1.54) is 0 Å². The molecule has 9 heteroatoms. The number of ether oxygens (including phenoxy) is 1. The van der Waals surface area contributed by atoms with Crippen molar-refractivity contribution in [1.29, 1.82) is 0 Å². The number of rotatable bonds is 4. The number of amides is 2. The van der Waals surface area contributed by atoms with E-state index in [2.05, 4.69) is 31.9 Å². The molecule has 3 aliphatic rings. The van der Waals surface area contributed by atoms with Crippen LogP contribution >= 0.6 is 39.1 Å². The van der Waals surface area contributed by atoms with E-state index in [0.29, 0.717) is 21.5 Å². The van der Waals surface area contributed by atoms with Gasteiger partial charge in [-0.3, -0.25) is 9.59 Å². The van der Waals surface area contributed by atoms with Crippen molar-refractivity contribution in [2.75, 3.05) is 18.4 Å². The molecule has 3 aliphatic heterocycles. The fraction of sp³-hybridized carbons (Fsp3) is 0.310. The summed E-state index contributed by atoms with van der Waals surface area (Å²) in [7, 11) is 0. The van der Waals surface area contributed by atoms with E-state index in [1.807, 2.05) is 42.5 Å². The third-order valence-electron chi connectivity index (χ3n) is 7.86. The van der Waals surface area contributed by atoms with Gasteiger partial charge in [0.15, 0.2) is 0 Å². The zero-order valence-electron chi connectivity index (χ0n) is 20.4. The SMILES string of the molecule is O=C1C[C@H](c2cc(Br)ccc2OC2CCNCC2)[C@@]2(C(=O)Nc3cc(Cl)ccc32)[C@H](c2cccc(Cl)c2)N1. The number of fused-ring (bicyclic) bond motifs is 2. The predicted octanol–water partition coefficient (Wildman–Crippen LogP) is 6.12. The summed E-state index contributed by atoms with van der Waals surface area (Å²) in [5.74, 6) is -0.165. The predicted molar refractivity (Wildman–Crippen MR) is 152 cm³/mol. The molecule has 3 N–H and O–H groups in total.